The minimum Gasteiger partial charge on any atom is -0.0776 e. The summed E-state index contributed by atoms with van der Waals surface area (Å²) in [5.41, 5.74) is 1.42. The summed E-state index contributed by atoms with van der Waals surface area (Å²) in [7, 11) is 0. The third kappa shape index (κ3) is 3.04. The summed E-state index contributed by atoms with van der Waals surface area (Å²) in [6.07, 6.45) is 0. The van der Waals surface area contributed by atoms with E-state index in [4.69, 9.17) is 0 Å². The molecule has 5 rings (SSSR count). The molecule has 0 radical (unpaired) electrons. The van der Waals surface area contributed by atoms with E-state index in [1.807, 2.05) is 13.8 Å². The first-order valence-electron chi connectivity index (χ1n) is 9.33. The molecule has 0 spiro atoms. The number of hydrogen-bond acceptors (Lipinski definition) is 0. The molecular weight excluding hydrogens is 324 g/mol. The molecule has 0 N–H and O–H groups in total. The molecule has 0 atom stereocenters. The molecule has 0 unspecified atom stereocenters. The molecule has 0 aliphatic carbocycles. The van der Waals surface area contributed by atoms with Gasteiger partial charge in [-0.05, 0) is 54.6 Å². The number of rotatable bonds is 1. The highest BCUT2D eigenvalue weighted by Crippen LogP contribution is 2.41. The van der Waals surface area contributed by atoms with E-state index in [0.717, 1.165) is 0 Å². The normalized spacial score (nSPS) is 10.7. The highest BCUT2D eigenvalue weighted by atomic mass is 14.2. The van der Waals surface area contributed by atoms with E-state index in [0.29, 0.717) is 5.92 Å². The first kappa shape index (κ1) is 20.7. The average Bonchev–Trinajstić information content (AvgIpc) is 2.67. The zero-order chi connectivity index (χ0) is 17.6. The predicted octanol–water partition coefficient (Wildman–Crippen LogP) is 9.16. The Bertz CT molecular complexity index is 1170. The van der Waals surface area contributed by atoms with E-state index in [2.05, 4.69) is 80.6 Å². The van der Waals surface area contributed by atoms with Gasteiger partial charge in [-0.15, -0.1) is 0 Å². The lowest BCUT2D eigenvalue weighted by molar-refractivity contribution is 0.870. The Labute approximate surface area is 164 Å². The van der Waals surface area contributed by atoms with E-state index in [9.17, 15) is 0 Å². The van der Waals surface area contributed by atoms with Crippen molar-refractivity contribution in [2.24, 2.45) is 0 Å². The first-order chi connectivity index (χ1) is 12.2. The summed E-state index contributed by atoms with van der Waals surface area (Å²) in [4.78, 5) is 0. The molecule has 0 fully saturated rings. The van der Waals surface area contributed by atoms with Gasteiger partial charge in [0.15, 0.2) is 0 Å². The second-order valence-corrected chi connectivity index (χ2v) is 6.84. The Kier molecular flexibility index (Phi) is 6.11. The average molecular weight is 357 g/mol. The fourth-order valence-electron chi connectivity index (χ4n) is 4.01. The van der Waals surface area contributed by atoms with Crippen LogP contribution in [0.1, 0.15) is 54.0 Å². The van der Waals surface area contributed by atoms with Crippen molar-refractivity contribution in [3.05, 3.63) is 72.3 Å². The Hall–Kier alpha value is -2.60. The molecular formula is C27H32. The molecule has 0 heterocycles. The molecule has 0 bridgehead atoms. The second kappa shape index (κ2) is 7.96. The van der Waals surface area contributed by atoms with Crippen LogP contribution in [0.3, 0.4) is 0 Å². The van der Waals surface area contributed by atoms with Gasteiger partial charge in [0, 0.05) is 0 Å². The lowest BCUT2D eigenvalue weighted by Gasteiger charge is -2.16. The van der Waals surface area contributed by atoms with E-state index in [1.165, 1.54) is 48.7 Å². The highest BCUT2D eigenvalue weighted by molar-refractivity contribution is 6.32. The van der Waals surface area contributed by atoms with Crippen molar-refractivity contribution in [3.63, 3.8) is 0 Å². The van der Waals surface area contributed by atoms with Crippen LogP contribution in [0.4, 0.5) is 0 Å². The molecule has 0 aliphatic heterocycles. The van der Waals surface area contributed by atoms with Gasteiger partial charge in [0.1, 0.15) is 0 Å². The van der Waals surface area contributed by atoms with Crippen LogP contribution in [-0.4, -0.2) is 0 Å². The zero-order valence-corrected chi connectivity index (χ0v) is 15.4. The van der Waals surface area contributed by atoms with Crippen molar-refractivity contribution < 1.29 is 0 Å². The summed E-state index contributed by atoms with van der Waals surface area (Å²) < 4.78 is 0. The van der Waals surface area contributed by atoms with Gasteiger partial charge in [-0.3, -0.25) is 0 Å². The van der Waals surface area contributed by atoms with Crippen LogP contribution in [0.5, 0.6) is 0 Å². The van der Waals surface area contributed by atoms with Crippen LogP contribution in [0, 0.1) is 0 Å². The Balaban J connectivity index is 0.000000634. The van der Waals surface area contributed by atoms with Crippen molar-refractivity contribution >= 4 is 43.1 Å². The van der Waals surface area contributed by atoms with Gasteiger partial charge in [-0.1, -0.05) is 109 Å². The van der Waals surface area contributed by atoms with Gasteiger partial charge in [0.2, 0.25) is 0 Å². The summed E-state index contributed by atoms with van der Waals surface area (Å²) in [5, 5.41) is 11.0. The van der Waals surface area contributed by atoms with Gasteiger partial charge in [0.25, 0.3) is 0 Å². The van der Waals surface area contributed by atoms with Crippen LogP contribution in [0.25, 0.3) is 43.1 Å². The maximum absolute atomic E-state index is 2.40. The van der Waals surface area contributed by atoms with E-state index in [-0.39, 0.29) is 14.9 Å². The van der Waals surface area contributed by atoms with Crippen LogP contribution in [-0.2, 0) is 0 Å². The van der Waals surface area contributed by atoms with Crippen molar-refractivity contribution in [2.45, 2.75) is 48.5 Å². The maximum atomic E-state index is 2.40. The molecule has 27 heavy (non-hydrogen) atoms. The molecule has 0 saturated carbocycles. The van der Waals surface area contributed by atoms with Gasteiger partial charge in [0.05, 0.1) is 0 Å². The molecule has 0 aliphatic rings. The van der Waals surface area contributed by atoms with Crippen LogP contribution in [0.2, 0.25) is 0 Å². The van der Waals surface area contributed by atoms with Crippen LogP contribution < -0.4 is 0 Å². The van der Waals surface area contributed by atoms with Crippen molar-refractivity contribution in [1.82, 2.24) is 0 Å². The summed E-state index contributed by atoms with van der Waals surface area (Å²) in [5.74, 6) is 0.538. The molecule has 0 aromatic heterocycles. The number of hydrogen-bond donors (Lipinski definition) is 0. The first-order valence-corrected chi connectivity index (χ1v) is 9.33. The number of benzene rings is 5. The fourth-order valence-corrected chi connectivity index (χ4v) is 4.01. The van der Waals surface area contributed by atoms with Gasteiger partial charge >= 0.3 is 0 Å². The minimum atomic E-state index is 0. The van der Waals surface area contributed by atoms with E-state index < -0.39 is 0 Å². The SMILES string of the molecule is C.C.CC.CC(C)c1cc2cccc3c4cccc5cccc(c(c1)c23)c54. The maximum Gasteiger partial charge on any atom is -0.00262 e. The Morgan fingerprint density at radius 2 is 1.00 bits per heavy atom. The van der Waals surface area contributed by atoms with E-state index in [1.54, 1.807) is 0 Å². The molecule has 0 heteroatoms. The van der Waals surface area contributed by atoms with E-state index >= 15 is 0 Å². The third-order valence-electron chi connectivity index (χ3n) is 5.15. The Morgan fingerprint density at radius 1 is 0.556 bits per heavy atom. The van der Waals surface area contributed by atoms with Crippen molar-refractivity contribution in [3.8, 4) is 0 Å². The largest absolute Gasteiger partial charge is 0.0776 e. The summed E-state index contributed by atoms with van der Waals surface area (Å²) in [6, 6.07) is 24.8. The Morgan fingerprint density at radius 3 is 1.52 bits per heavy atom. The molecule has 0 amide bonds. The molecule has 140 valence electrons. The second-order valence-electron chi connectivity index (χ2n) is 6.84. The molecule has 0 nitrogen and oxygen atoms in total. The molecule has 5 aromatic rings. The van der Waals surface area contributed by atoms with Crippen molar-refractivity contribution in [1.29, 1.82) is 0 Å². The van der Waals surface area contributed by atoms with Gasteiger partial charge in [-0.2, -0.15) is 0 Å². The lowest BCUT2D eigenvalue weighted by Crippen LogP contribution is -1.91. The summed E-state index contributed by atoms with van der Waals surface area (Å²) in [6.45, 7) is 8.55. The lowest BCUT2D eigenvalue weighted by atomic mass is 9.87. The van der Waals surface area contributed by atoms with Gasteiger partial charge < -0.3 is 0 Å². The number of fused-ring (bicyclic) bond motifs is 2. The van der Waals surface area contributed by atoms with Crippen molar-refractivity contribution in [2.75, 3.05) is 0 Å². The standard InChI is InChI=1S/C23H18.C2H6.2CH4/c1-14(2)17-12-16-8-5-10-19-18-9-3-6-15-7-4-11-20(22(15)18)21(13-17)23(16)19;1-2;;/h3-14H,1-2H3;1-2H3;2*1H4. The quantitative estimate of drug-likeness (QED) is 0.207. The molecule has 5 aromatic carbocycles. The van der Waals surface area contributed by atoms with Crippen LogP contribution in [0.15, 0.2) is 66.7 Å². The smallest absolute Gasteiger partial charge is 0.00262 e. The molecule has 0 saturated heterocycles. The fraction of sp³-hybridized carbons (Fsp3) is 0.259. The zero-order valence-electron chi connectivity index (χ0n) is 15.4. The van der Waals surface area contributed by atoms with Crippen LogP contribution >= 0.6 is 0 Å². The monoisotopic (exact) mass is 356 g/mol. The van der Waals surface area contributed by atoms with Gasteiger partial charge in [-0.25, -0.2) is 0 Å². The minimum absolute atomic E-state index is 0. The highest BCUT2D eigenvalue weighted by Gasteiger charge is 2.13. The predicted molar refractivity (Wildman–Crippen MR) is 127 cm³/mol. The third-order valence-corrected chi connectivity index (χ3v) is 5.15. The topological polar surface area (TPSA) is 0 Å². The summed E-state index contributed by atoms with van der Waals surface area (Å²) >= 11 is 0.